The Hall–Kier alpha value is -3.08. The number of carbonyl (C=O) groups is 2. The van der Waals surface area contributed by atoms with E-state index in [4.69, 9.17) is 14.2 Å². The molecule has 0 saturated carbocycles. The van der Waals surface area contributed by atoms with Crippen molar-refractivity contribution in [2.45, 2.75) is 33.3 Å². The Balaban J connectivity index is 1.71. The van der Waals surface area contributed by atoms with Crippen molar-refractivity contribution in [3.8, 4) is 11.5 Å². The van der Waals surface area contributed by atoms with E-state index in [-0.39, 0.29) is 24.3 Å². The van der Waals surface area contributed by atoms with Crippen LogP contribution < -0.4 is 9.47 Å². The predicted octanol–water partition coefficient (Wildman–Crippen LogP) is 4.20. The predicted molar refractivity (Wildman–Crippen MR) is 102 cm³/mol. The summed E-state index contributed by atoms with van der Waals surface area (Å²) in [5, 5.41) is 0. The van der Waals surface area contributed by atoms with E-state index in [2.05, 4.69) is 6.92 Å². The Morgan fingerprint density at radius 1 is 1.15 bits per heavy atom. The third-order valence-electron chi connectivity index (χ3n) is 4.05. The summed E-state index contributed by atoms with van der Waals surface area (Å²) >= 11 is 0. The molecule has 0 radical (unpaired) electrons. The number of fused-ring (bicyclic) bond motifs is 1. The number of ether oxygens (including phenoxy) is 3. The summed E-state index contributed by atoms with van der Waals surface area (Å²) in [5.41, 5.74) is 2.61. The number of hydrogen-bond donors (Lipinski definition) is 0. The molecule has 140 valence electrons. The molecule has 5 nitrogen and oxygen atoms in total. The SMILES string of the molecule is CCc1ccc(/C=C2\Oc3cc(OCC(=O)OC(C)C)ccc3C2=O)cc1. The third kappa shape index (κ3) is 4.56. The Labute approximate surface area is 158 Å². The fraction of sp³-hybridized carbons (Fsp3) is 0.273. The highest BCUT2D eigenvalue weighted by Crippen LogP contribution is 2.34. The van der Waals surface area contributed by atoms with Crippen LogP contribution in [0.15, 0.2) is 48.2 Å². The van der Waals surface area contributed by atoms with Gasteiger partial charge in [-0.2, -0.15) is 0 Å². The number of carbonyl (C=O) groups excluding carboxylic acids is 2. The summed E-state index contributed by atoms with van der Waals surface area (Å²) in [6.07, 6.45) is 2.49. The molecule has 5 heteroatoms. The van der Waals surface area contributed by atoms with Crippen molar-refractivity contribution in [3.63, 3.8) is 0 Å². The van der Waals surface area contributed by atoms with Gasteiger partial charge in [0.2, 0.25) is 5.78 Å². The second kappa shape index (κ2) is 8.08. The Morgan fingerprint density at radius 2 is 1.89 bits per heavy atom. The molecule has 2 aromatic rings. The molecule has 0 amide bonds. The van der Waals surface area contributed by atoms with Gasteiger partial charge in [-0.1, -0.05) is 31.2 Å². The molecule has 0 fully saturated rings. The number of allylic oxidation sites excluding steroid dienone is 1. The first-order chi connectivity index (χ1) is 13.0. The van der Waals surface area contributed by atoms with Crippen molar-refractivity contribution < 1.29 is 23.8 Å². The number of rotatable bonds is 6. The fourth-order valence-electron chi connectivity index (χ4n) is 2.70. The van der Waals surface area contributed by atoms with Crippen molar-refractivity contribution in [2.24, 2.45) is 0 Å². The van der Waals surface area contributed by atoms with Crippen LogP contribution in [0.1, 0.15) is 42.3 Å². The molecule has 0 unspecified atom stereocenters. The number of Topliss-reactive ketones (excluding diaryl/α,β-unsaturated/α-hetero) is 1. The number of hydrogen-bond acceptors (Lipinski definition) is 5. The van der Waals surface area contributed by atoms with Gasteiger partial charge in [-0.25, -0.2) is 4.79 Å². The monoisotopic (exact) mass is 366 g/mol. The van der Waals surface area contributed by atoms with Crippen LogP contribution in [0.25, 0.3) is 6.08 Å². The van der Waals surface area contributed by atoms with E-state index in [0.717, 1.165) is 12.0 Å². The Bertz CT molecular complexity index is 878. The van der Waals surface area contributed by atoms with Gasteiger partial charge >= 0.3 is 5.97 Å². The highest BCUT2D eigenvalue weighted by atomic mass is 16.6. The normalized spacial score (nSPS) is 14.2. The van der Waals surface area contributed by atoms with E-state index in [9.17, 15) is 9.59 Å². The molecule has 27 heavy (non-hydrogen) atoms. The maximum atomic E-state index is 12.5. The largest absolute Gasteiger partial charge is 0.482 e. The number of aryl methyl sites for hydroxylation is 1. The number of benzene rings is 2. The summed E-state index contributed by atoms with van der Waals surface area (Å²) in [7, 11) is 0. The van der Waals surface area contributed by atoms with Gasteiger partial charge in [0.25, 0.3) is 0 Å². The molecule has 0 N–H and O–H groups in total. The van der Waals surface area contributed by atoms with Gasteiger partial charge in [-0.3, -0.25) is 4.79 Å². The fourth-order valence-corrected chi connectivity index (χ4v) is 2.70. The van der Waals surface area contributed by atoms with Crippen molar-refractivity contribution in [3.05, 3.63) is 64.9 Å². The lowest BCUT2D eigenvalue weighted by Gasteiger charge is -2.09. The molecule has 1 aliphatic heterocycles. The summed E-state index contributed by atoms with van der Waals surface area (Å²) < 4.78 is 16.2. The molecular weight excluding hydrogens is 344 g/mol. The second-order valence-electron chi connectivity index (χ2n) is 6.52. The van der Waals surface area contributed by atoms with Gasteiger partial charge in [-0.05, 0) is 49.6 Å². The van der Waals surface area contributed by atoms with Crippen LogP contribution in [-0.4, -0.2) is 24.5 Å². The van der Waals surface area contributed by atoms with E-state index < -0.39 is 5.97 Å². The van der Waals surface area contributed by atoms with E-state index in [1.165, 1.54) is 5.56 Å². The molecule has 2 aromatic carbocycles. The zero-order chi connectivity index (χ0) is 19.4. The topological polar surface area (TPSA) is 61.8 Å². The first kappa shape index (κ1) is 18.7. The van der Waals surface area contributed by atoms with Crippen molar-refractivity contribution >= 4 is 17.8 Å². The maximum absolute atomic E-state index is 12.5. The molecule has 0 bridgehead atoms. The lowest BCUT2D eigenvalue weighted by molar-refractivity contribution is -0.149. The van der Waals surface area contributed by atoms with Crippen LogP contribution in [0.3, 0.4) is 0 Å². The molecule has 0 aliphatic carbocycles. The highest BCUT2D eigenvalue weighted by Gasteiger charge is 2.27. The summed E-state index contributed by atoms with van der Waals surface area (Å²) in [6.45, 7) is 5.44. The van der Waals surface area contributed by atoms with Gasteiger partial charge in [0.15, 0.2) is 12.4 Å². The van der Waals surface area contributed by atoms with Crippen molar-refractivity contribution in [1.29, 1.82) is 0 Å². The molecule has 0 atom stereocenters. The first-order valence-corrected chi connectivity index (χ1v) is 8.95. The van der Waals surface area contributed by atoms with Crippen LogP contribution in [0, 0.1) is 0 Å². The minimum absolute atomic E-state index is 0.171. The number of esters is 1. The average molecular weight is 366 g/mol. The van der Waals surface area contributed by atoms with Crippen molar-refractivity contribution in [1.82, 2.24) is 0 Å². The van der Waals surface area contributed by atoms with Gasteiger partial charge in [0.1, 0.15) is 11.5 Å². The standard InChI is InChI=1S/C22H22O5/c1-4-15-5-7-16(8-6-15)11-20-22(24)18-10-9-17(12-19(18)27-20)25-13-21(23)26-14(2)3/h5-12,14H,4,13H2,1-3H3/b20-11-. The summed E-state index contributed by atoms with van der Waals surface area (Å²) in [4.78, 5) is 24.1. The first-order valence-electron chi connectivity index (χ1n) is 8.95. The molecule has 1 aliphatic rings. The molecule has 3 rings (SSSR count). The summed E-state index contributed by atoms with van der Waals surface area (Å²) in [6, 6.07) is 12.9. The lowest BCUT2D eigenvalue weighted by atomic mass is 10.1. The van der Waals surface area contributed by atoms with Crippen LogP contribution in [-0.2, 0) is 16.0 Å². The number of ketones is 1. The summed E-state index contributed by atoms with van der Waals surface area (Å²) in [5.74, 6) is 0.515. The van der Waals surface area contributed by atoms with Crippen LogP contribution >= 0.6 is 0 Å². The zero-order valence-corrected chi connectivity index (χ0v) is 15.7. The van der Waals surface area contributed by atoms with Crippen molar-refractivity contribution in [2.75, 3.05) is 6.61 Å². The molecular formula is C22H22O5. The Kier molecular flexibility index (Phi) is 5.60. The second-order valence-corrected chi connectivity index (χ2v) is 6.52. The minimum atomic E-state index is -0.446. The highest BCUT2D eigenvalue weighted by molar-refractivity contribution is 6.14. The van der Waals surface area contributed by atoms with Crippen LogP contribution in [0.2, 0.25) is 0 Å². The maximum Gasteiger partial charge on any atom is 0.344 e. The molecule has 0 saturated heterocycles. The quantitative estimate of drug-likeness (QED) is 0.566. The van der Waals surface area contributed by atoms with Crippen LogP contribution in [0.4, 0.5) is 0 Å². The third-order valence-corrected chi connectivity index (χ3v) is 4.05. The zero-order valence-electron chi connectivity index (χ0n) is 15.7. The van der Waals surface area contributed by atoms with Gasteiger partial charge < -0.3 is 14.2 Å². The smallest absolute Gasteiger partial charge is 0.344 e. The van der Waals surface area contributed by atoms with E-state index in [1.54, 1.807) is 38.1 Å². The van der Waals surface area contributed by atoms with E-state index in [1.807, 2.05) is 24.3 Å². The van der Waals surface area contributed by atoms with Gasteiger partial charge in [0.05, 0.1) is 11.7 Å². The molecule has 1 heterocycles. The van der Waals surface area contributed by atoms with Gasteiger partial charge in [-0.15, -0.1) is 0 Å². The van der Waals surface area contributed by atoms with Crippen LogP contribution in [0.5, 0.6) is 11.5 Å². The molecule has 0 aromatic heterocycles. The van der Waals surface area contributed by atoms with Gasteiger partial charge in [0, 0.05) is 6.07 Å². The minimum Gasteiger partial charge on any atom is -0.482 e. The Morgan fingerprint density at radius 3 is 2.56 bits per heavy atom. The lowest BCUT2D eigenvalue weighted by Crippen LogP contribution is -2.18. The van der Waals surface area contributed by atoms with E-state index in [0.29, 0.717) is 17.1 Å². The molecule has 0 spiro atoms. The average Bonchev–Trinajstić information content (AvgIpc) is 2.95. The van der Waals surface area contributed by atoms with E-state index >= 15 is 0 Å².